The predicted molar refractivity (Wildman–Crippen MR) is 72.8 cm³/mol. The van der Waals surface area contributed by atoms with E-state index < -0.39 is 11.6 Å². The number of thioether (sulfide) groups is 1. The summed E-state index contributed by atoms with van der Waals surface area (Å²) in [5.74, 6) is -0.403. The summed E-state index contributed by atoms with van der Waals surface area (Å²) in [6.07, 6.45) is 0. The SMILES string of the molecule is OCC1(CSc2n[nH]c(-c3cc(F)cc(F)c3)n2)COC1. The first kappa shape index (κ1) is 14.4. The molecule has 5 nitrogen and oxygen atoms in total. The zero-order chi connectivity index (χ0) is 14.9. The maximum absolute atomic E-state index is 13.2. The minimum absolute atomic E-state index is 0.0480. The van der Waals surface area contributed by atoms with Gasteiger partial charge in [0.2, 0.25) is 5.16 Å². The van der Waals surface area contributed by atoms with Crippen molar-refractivity contribution < 1.29 is 18.6 Å². The normalized spacial score (nSPS) is 16.7. The number of ether oxygens (including phenoxy) is 1. The lowest BCUT2D eigenvalue weighted by molar-refractivity contribution is -0.121. The maximum Gasteiger partial charge on any atom is 0.208 e. The highest BCUT2D eigenvalue weighted by atomic mass is 32.2. The van der Waals surface area contributed by atoms with Gasteiger partial charge in [0.15, 0.2) is 5.82 Å². The Balaban J connectivity index is 1.71. The summed E-state index contributed by atoms with van der Waals surface area (Å²) < 4.78 is 31.5. The number of nitrogens with one attached hydrogen (secondary N) is 1. The molecule has 1 aliphatic heterocycles. The first-order valence-electron chi connectivity index (χ1n) is 6.31. The van der Waals surface area contributed by atoms with Gasteiger partial charge in [0.05, 0.1) is 19.8 Å². The van der Waals surface area contributed by atoms with E-state index in [0.29, 0.717) is 35.5 Å². The van der Waals surface area contributed by atoms with Crippen molar-refractivity contribution in [2.75, 3.05) is 25.6 Å². The fourth-order valence-electron chi connectivity index (χ4n) is 1.96. The minimum atomic E-state index is -0.665. The molecule has 0 spiro atoms. The molecule has 0 unspecified atom stereocenters. The second-order valence-electron chi connectivity index (χ2n) is 5.06. The summed E-state index contributed by atoms with van der Waals surface area (Å²) in [5, 5.41) is 16.5. The molecule has 2 N–H and O–H groups in total. The lowest BCUT2D eigenvalue weighted by Gasteiger charge is -2.39. The number of rotatable bonds is 5. The van der Waals surface area contributed by atoms with E-state index in [2.05, 4.69) is 15.2 Å². The molecule has 0 amide bonds. The third-order valence-corrected chi connectivity index (χ3v) is 4.46. The average molecular weight is 313 g/mol. The molecule has 2 heterocycles. The molecule has 1 saturated heterocycles. The quantitative estimate of drug-likeness (QED) is 0.824. The Bertz CT molecular complexity index is 620. The van der Waals surface area contributed by atoms with E-state index in [-0.39, 0.29) is 12.0 Å². The molecule has 8 heteroatoms. The topological polar surface area (TPSA) is 71.0 Å². The number of aliphatic hydroxyl groups is 1. The van der Waals surface area contributed by atoms with Gasteiger partial charge in [0, 0.05) is 22.8 Å². The van der Waals surface area contributed by atoms with E-state index >= 15 is 0 Å². The molecule has 2 aromatic rings. The predicted octanol–water partition coefficient (Wildman–Crippen LogP) is 1.85. The van der Waals surface area contributed by atoms with Crippen LogP contribution in [0.2, 0.25) is 0 Å². The van der Waals surface area contributed by atoms with Crippen LogP contribution in [0.25, 0.3) is 11.4 Å². The highest BCUT2D eigenvalue weighted by molar-refractivity contribution is 7.99. The van der Waals surface area contributed by atoms with Gasteiger partial charge in [0.1, 0.15) is 11.6 Å². The summed E-state index contributed by atoms with van der Waals surface area (Å²) in [7, 11) is 0. The van der Waals surface area contributed by atoms with E-state index in [9.17, 15) is 13.9 Å². The van der Waals surface area contributed by atoms with Gasteiger partial charge in [-0.2, -0.15) is 0 Å². The Labute approximate surface area is 123 Å². The molecule has 0 radical (unpaired) electrons. The fourth-order valence-corrected chi connectivity index (χ4v) is 2.92. The highest BCUT2D eigenvalue weighted by Crippen LogP contribution is 2.33. The standard InChI is InChI=1S/C13H13F2N3O2S/c14-9-1-8(2-10(15)3-9)11-16-12(18-17-11)21-7-13(4-19)5-20-6-13/h1-3,19H,4-7H2,(H,16,17,18). The molecule has 1 aromatic carbocycles. The van der Waals surface area contributed by atoms with Crippen LogP contribution < -0.4 is 0 Å². The molecule has 3 rings (SSSR count). The lowest BCUT2D eigenvalue weighted by atomic mass is 9.90. The molecule has 1 fully saturated rings. The molecular weight excluding hydrogens is 300 g/mol. The van der Waals surface area contributed by atoms with Crippen LogP contribution in [0.4, 0.5) is 8.78 Å². The number of hydrogen-bond acceptors (Lipinski definition) is 5. The number of aliphatic hydroxyl groups excluding tert-OH is 1. The van der Waals surface area contributed by atoms with Crippen LogP contribution in [0.3, 0.4) is 0 Å². The Morgan fingerprint density at radius 1 is 1.29 bits per heavy atom. The van der Waals surface area contributed by atoms with Crippen LogP contribution in [0.1, 0.15) is 0 Å². The second kappa shape index (κ2) is 5.70. The van der Waals surface area contributed by atoms with Crippen molar-refractivity contribution in [1.82, 2.24) is 15.2 Å². The van der Waals surface area contributed by atoms with E-state index in [1.807, 2.05) is 0 Å². The summed E-state index contributed by atoms with van der Waals surface area (Å²) in [6, 6.07) is 3.18. The van der Waals surface area contributed by atoms with Crippen LogP contribution in [0.5, 0.6) is 0 Å². The number of hydrogen-bond donors (Lipinski definition) is 2. The second-order valence-corrected chi connectivity index (χ2v) is 6.01. The Morgan fingerprint density at radius 2 is 2.00 bits per heavy atom. The van der Waals surface area contributed by atoms with Gasteiger partial charge in [-0.15, -0.1) is 5.10 Å². The van der Waals surface area contributed by atoms with Gasteiger partial charge in [0.25, 0.3) is 0 Å². The number of halogens is 2. The van der Waals surface area contributed by atoms with Crippen LogP contribution >= 0.6 is 11.8 Å². The summed E-state index contributed by atoms with van der Waals surface area (Å²) in [4.78, 5) is 4.20. The molecule has 0 atom stereocenters. The zero-order valence-corrected chi connectivity index (χ0v) is 11.8. The molecule has 1 aromatic heterocycles. The van der Waals surface area contributed by atoms with E-state index in [4.69, 9.17) is 4.74 Å². The molecule has 0 aliphatic carbocycles. The largest absolute Gasteiger partial charge is 0.396 e. The monoisotopic (exact) mass is 313 g/mol. The molecular formula is C13H13F2N3O2S. The summed E-state index contributed by atoms with van der Waals surface area (Å²) >= 11 is 1.37. The van der Waals surface area contributed by atoms with Gasteiger partial charge in [-0.05, 0) is 12.1 Å². The van der Waals surface area contributed by atoms with E-state index in [1.165, 1.54) is 23.9 Å². The zero-order valence-electron chi connectivity index (χ0n) is 11.0. The number of benzene rings is 1. The van der Waals surface area contributed by atoms with Crippen molar-refractivity contribution in [2.45, 2.75) is 5.16 Å². The average Bonchev–Trinajstić information content (AvgIpc) is 2.86. The van der Waals surface area contributed by atoms with Crippen LogP contribution in [-0.2, 0) is 4.74 Å². The Morgan fingerprint density at radius 3 is 2.57 bits per heavy atom. The summed E-state index contributed by atoms with van der Waals surface area (Å²) in [5.41, 5.74) is 0.0619. The Kier molecular flexibility index (Phi) is 3.92. The molecule has 21 heavy (non-hydrogen) atoms. The van der Waals surface area contributed by atoms with E-state index in [1.54, 1.807) is 0 Å². The van der Waals surface area contributed by atoms with Gasteiger partial charge >= 0.3 is 0 Å². The number of H-pyrrole nitrogens is 1. The van der Waals surface area contributed by atoms with Crippen molar-refractivity contribution >= 4 is 11.8 Å². The number of aromatic nitrogens is 3. The van der Waals surface area contributed by atoms with Gasteiger partial charge < -0.3 is 9.84 Å². The van der Waals surface area contributed by atoms with Gasteiger partial charge in [-0.3, -0.25) is 5.10 Å². The van der Waals surface area contributed by atoms with Crippen LogP contribution in [-0.4, -0.2) is 45.9 Å². The third kappa shape index (κ3) is 3.07. The highest BCUT2D eigenvalue weighted by Gasteiger charge is 2.38. The molecule has 0 bridgehead atoms. The van der Waals surface area contributed by atoms with Crippen LogP contribution in [0.15, 0.2) is 23.4 Å². The lowest BCUT2D eigenvalue weighted by Crippen LogP contribution is -2.47. The number of aromatic amines is 1. The van der Waals surface area contributed by atoms with Gasteiger partial charge in [-0.25, -0.2) is 13.8 Å². The number of nitrogens with zero attached hydrogens (tertiary/aromatic N) is 2. The maximum atomic E-state index is 13.2. The third-order valence-electron chi connectivity index (χ3n) is 3.26. The summed E-state index contributed by atoms with van der Waals surface area (Å²) in [6.45, 7) is 1.08. The molecule has 1 aliphatic rings. The Hall–Kier alpha value is -1.51. The fraction of sp³-hybridized carbons (Fsp3) is 0.385. The van der Waals surface area contributed by atoms with Crippen molar-refractivity contribution in [1.29, 1.82) is 0 Å². The molecule has 0 saturated carbocycles. The van der Waals surface area contributed by atoms with Crippen LogP contribution in [0, 0.1) is 17.0 Å². The molecule has 112 valence electrons. The van der Waals surface area contributed by atoms with Gasteiger partial charge in [-0.1, -0.05) is 11.8 Å². The van der Waals surface area contributed by atoms with Crippen molar-refractivity contribution in [2.24, 2.45) is 5.41 Å². The smallest absolute Gasteiger partial charge is 0.208 e. The van der Waals surface area contributed by atoms with E-state index in [0.717, 1.165) is 6.07 Å². The van der Waals surface area contributed by atoms with Crippen molar-refractivity contribution in [3.63, 3.8) is 0 Å². The van der Waals surface area contributed by atoms with Crippen molar-refractivity contribution in [3.8, 4) is 11.4 Å². The first-order chi connectivity index (χ1) is 10.1. The minimum Gasteiger partial charge on any atom is -0.396 e. The first-order valence-corrected chi connectivity index (χ1v) is 7.29. The van der Waals surface area contributed by atoms with Crippen molar-refractivity contribution in [3.05, 3.63) is 29.8 Å².